The summed E-state index contributed by atoms with van der Waals surface area (Å²) in [6.45, 7) is 2.65. The molecule has 2 fully saturated rings. The first-order chi connectivity index (χ1) is 7.00. The summed E-state index contributed by atoms with van der Waals surface area (Å²) in [6.07, 6.45) is 0.892. The van der Waals surface area contributed by atoms with E-state index in [-0.39, 0.29) is 12.6 Å². The van der Waals surface area contributed by atoms with E-state index in [0.29, 0.717) is 26.0 Å². The lowest BCUT2D eigenvalue weighted by Gasteiger charge is -2.42. The number of rotatable bonds is 1. The van der Waals surface area contributed by atoms with Crippen LogP contribution in [0.15, 0.2) is 0 Å². The zero-order valence-electron chi connectivity index (χ0n) is 8.75. The van der Waals surface area contributed by atoms with Gasteiger partial charge < -0.3 is 15.2 Å². The maximum Gasteiger partial charge on any atom is 0.343 e. The molecule has 0 saturated carbocycles. The lowest BCUT2D eigenvalue weighted by atomic mass is 9.68. The van der Waals surface area contributed by atoms with Crippen LogP contribution in [0.1, 0.15) is 19.8 Å². The minimum atomic E-state index is -2.13. The monoisotopic (exact) mass is 217 g/mol. The molecule has 0 bridgehead atoms. The lowest BCUT2D eigenvalue weighted by molar-refractivity contribution is -0.165. The Balaban J connectivity index is 2.29. The van der Waals surface area contributed by atoms with Crippen LogP contribution < -0.4 is 5.32 Å². The molecule has 1 spiro atoms. The third kappa shape index (κ3) is 1.45. The number of carboxylic acid groups (broad SMARTS) is 1. The zero-order chi connectivity index (χ0) is 11.1. The Kier molecular flexibility index (Phi) is 2.47. The van der Waals surface area contributed by atoms with Crippen molar-refractivity contribution in [2.24, 2.45) is 5.41 Å². The van der Waals surface area contributed by atoms with E-state index < -0.39 is 17.1 Å². The summed E-state index contributed by atoms with van der Waals surface area (Å²) in [5.41, 5.74) is -2.92. The Hall–Kier alpha value is -0.680. The van der Waals surface area contributed by atoms with Gasteiger partial charge in [-0.25, -0.2) is 9.18 Å². The van der Waals surface area contributed by atoms with Crippen LogP contribution in [-0.4, -0.2) is 42.5 Å². The molecule has 15 heavy (non-hydrogen) atoms. The summed E-state index contributed by atoms with van der Waals surface area (Å²) in [5.74, 6) is -1.35. The third-order valence-electron chi connectivity index (χ3n) is 3.67. The van der Waals surface area contributed by atoms with Gasteiger partial charge in [0.25, 0.3) is 0 Å². The highest BCUT2D eigenvalue weighted by molar-refractivity contribution is 5.79. The molecule has 2 heterocycles. The highest BCUT2D eigenvalue weighted by Gasteiger charge is 2.62. The quantitative estimate of drug-likeness (QED) is 0.674. The van der Waals surface area contributed by atoms with Gasteiger partial charge in [-0.2, -0.15) is 0 Å². The van der Waals surface area contributed by atoms with Crippen LogP contribution in [0, 0.1) is 5.41 Å². The zero-order valence-corrected chi connectivity index (χ0v) is 8.75. The predicted molar refractivity (Wildman–Crippen MR) is 51.4 cm³/mol. The molecule has 2 aliphatic heterocycles. The Bertz CT molecular complexity index is 286. The van der Waals surface area contributed by atoms with Crippen molar-refractivity contribution in [3.8, 4) is 0 Å². The van der Waals surface area contributed by atoms with Crippen molar-refractivity contribution >= 4 is 5.97 Å². The largest absolute Gasteiger partial charge is 0.479 e. The SMILES string of the molecule is CC1CC2(CCO1)CNCC2(F)C(=O)O. The van der Waals surface area contributed by atoms with E-state index in [1.54, 1.807) is 0 Å². The van der Waals surface area contributed by atoms with Gasteiger partial charge in [-0.3, -0.25) is 0 Å². The Morgan fingerprint density at radius 2 is 2.33 bits per heavy atom. The summed E-state index contributed by atoms with van der Waals surface area (Å²) in [6, 6.07) is 0. The normalized spacial score (nSPS) is 45.9. The summed E-state index contributed by atoms with van der Waals surface area (Å²) in [7, 11) is 0. The molecule has 5 heteroatoms. The number of carbonyl (C=O) groups is 1. The second-order valence-corrected chi connectivity index (χ2v) is 4.63. The van der Waals surface area contributed by atoms with Gasteiger partial charge in [0.05, 0.1) is 6.10 Å². The Labute approximate surface area is 87.8 Å². The van der Waals surface area contributed by atoms with Crippen molar-refractivity contribution in [1.82, 2.24) is 5.32 Å². The molecule has 86 valence electrons. The average Bonchev–Trinajstić information content (AvgIpc) is 2.45. The molecule has 0 aromatic rings. The highest BCUT2D eigenvalue weighted by Crippen LogP contribution is 2.47. The number of halogens is 1. The van der Waals surface area contributed by atoms with E-state index in [2.05, 4.69) is 5.32 Å². The third-order valence-corrected chi connectivity index (χ3v) is 3.67. The lowest BCUT2D eigenvalue weighted by Crippen LogP contribution is -2.53. The van der Waals surface area contributed by atoms with Gasteiger partial charge in [0.2, 0.25) is 5.67 Å². The number of hydrogen-bond donors (Lipinski definition) is 2. The maximum absolute atomic E-state index is 14.4. The van der Waals surface area contributed by atoms with Crippen molar-refractivity contribution in [2.45, 2.75) is 31.5 Å². The highest BCUT2D eigenvalue weighted by atomic mass is 19.1. The molecule has 2 N–H and O–H groups in total. The Morgan fingerprint density at radius 1 is 1.60 bits per heavy atom. The predicted octanol–water partition coefficient (Wildman–Crippen LogP) is 0.568. The molecule has 2 rings (SSSR count). The van der Waals surface area contributed by atoms with Gasteiger partial charge in [-0.05, 0) is 19.8 Å². The molecule has 0 aromatic carbocycles. The number of ether oxygens (including phenoxy) is 1. The van der Waals surface area contributed by atoms with Crippen LogP contribution in [-0.2, 0) is 9.53 Å². The van der Waals surface area contributed by atoms with Crippen LogP contribution in [0.5, 0.6) is 0 Å². The Morgan fingerprint density at radius 3 is 2.93 bits per heavy atom. The van der Waals surface area contributed by atoms with Gasteiger partial charge >= 0.3 is 5.97 Å². The van der Waals surface area contributed by atoms with Crippen molar-refractivity contribution in [1.29, 1.82) is 0 Å². The number of alkyl halides is 1. The molecular weight excluding hydrogens is 201 g/mol. The molecule has 3 atom stereocenters. The smallest absolute Gasteiger partial charge is 0.343 e. The molecule has 3 unspecified atom stereocenters. The minimum absolute atomic E-state index is 0.0619. The maximum atomic E-state index is 14.4. The van der Waals surface area contributed by atoms with E-state index in [1.165, 1.54) is 0 Å². The minimum Gasteiger partial charge on any atom is -0.479 e. The fraction of sp³-hybridized carbons (Fsp3) is 0.900. The number of aliphatic carboxylic acids is 1. The standard InChI is InChI=1S/C10H16FNO3/c1-7-4-9(2-3-15-7)5-12-6-10(9,11)8(13)14/h7,12H,2-6H2,1H3,(H,13,14). The molecule has 0 aromatic heterocycles. The van der Waals surface area contributed by atoms with Crippen LogP contribution >= 0.6 is 0 Å². The summed E-state index contributed by atoms with van der Waals surface area (Å²) < 4.78 is 19.8. The van der Waals surface area contributed by atoms with Crippen LogP contribution in [0.3, 0.4) is 0 Å². The van der Waals surface area contributed by atoms with Crippen LogP contribution in [0.25, 0.3) is 0 Å². The summed E-state index contributed by atoms with van der Waals surface area (Å²) in [4.78, 5) is 11.0. The van der Waals surface area contributed by atoms with Gasteiger partial charge in [0.1, 0.15) is 0 Å². The van der Waals surface area contributed by atoms with E-state index >= 15 is 0 Å². The number of hydrogen-bond acceptors (Lipinski definition) is 3. The summed E-state index contributed by atoms with van der Waals surface area (Å²) >= 11 is 0. The van der Waals surface area contributed by atoms with Gasteiger partial charge in [0, 0.05) is 25.1 Å². The molecule has 2 aliphatic rings. The van der Waals surface area contributed by atoms with Crippen molar-refractivity contribution in [2.75, 3.05) is 19.7 Å². The van der Waals surface area contributed by atoms with Gasteiger partial charge in [-0.15, -0.1) is 0 Å². The average molecular weight is 217 g/mol. The molecule has 4 nitrogen and oxygen atoms in total. The number of nitrogens with one attached hydrogen (secondary N) is 1. The molecular formula is C10H16FNO3. The first-order valence-electron chi connectivity index (χ1n) is 5.25. The second kappa shape index (κ2) is 3.42. The molecule has 2 saturated heterocycles. The number of carboxylic acids is 1. The first-order valence-corrected chi connectivity index (χ1v) is 5.25. The first kappa shape index (κ1) is 10.8. The fourth-order valence-corrected chi connectivity index (χ4v) is 2.79. The van der Waals surface area contributed by atoms with E-state index in [1.807, 2.05) is 6.92 Å². The second-order valence-electron chi connectivity index (χ2n) is 4.63. The van der Waals surface area contributed by atoms with Crippen molar-refractivity contribution in [3.63, 3.8) is 0 Å². The molecule has 0 aliphatic carbocycles. The van der Waals surface area contributed by atoms with Gasteiger partial charge in [0.15, 0.2) is 0 Å². The van der Waals surface area contributed by atoms with Crippen LogP contribution in [0.2, 0.25) is 0 Å². The van der Waals surface area contributed by atoms with Crippen molar-refractivity contribution in [3.05, 3.63) is 0 Å². The van der Waals surface area contributed by atoms with Gasteiger partial charge in [-0.1, -0.05) is 0 Å². The van der Waals surface area contributed by atoms with E-state index in [9.17, 15) is 9.18 Å². The van der Waals surface area contributed by atoms with Crippen LogP contribution in [0.4, 0.5) is 4.39 Å². The van der Waals surface area contributed by atoms with Crippen molar-refractivity contribution < 1.29 is 19.0 Å². The topological polar surface area (TPSA) is 58.6 Å². The fourth-order valence-electron chi connectivity index (χ4n) is 2.79. The molecule has 0 radical (unpaired) electrons. The van der Waals surface area contributed by atoms with E-state index in [0.717, 1.165) is 0 Å². The molecule has 0 amide bonds. The summed E-state index contributed by atoms with van der Waals surface area (Å²) in [5, 5.41) is 11.9. The van der Waals surface area contributed by atoms with E-state index in [4.69, 9.17) is 9.84 Å².